The zero-order chi connectivity index (χ0) is 14.9. The molecule has 1 aliphatic heterocycles. The third-order valence-electron chi connectivity index (χ3n) is 3.87. The molecule has 0 aliphatic carbocycles. The van der Waals surface area contributed by atoms with Crippen LogP contribution >= 0.6 is 0 Å². The lowest BCUT2D eigenvalue weighted by Crippen LogP contribution is -2.36. The van der Waals surface area contributed by atoms with Crippen LogP contribution in [0.25, 0.3) is 0 Å². The molecule has 1 aromatic rings. The number of nitrogens with zero attached hydrogens (tertiary/aromatic N) is 1. The summed E-state index contributed by atoms with van der Waals surface area (Å²) >= 11 is 0. The van der Waals surface area contributed by atoms with E-state index >= 15 is 0 Å². The smallest absolute Gasteiger partial charge is 0.0704 e. The topological polar surface area (TPSA) is 30.9 Å². The fourth-order valence-electron chi connectivity index (χ4n) is 2.55. The third kappa shape index (κ3) is 5.30. The van der Waals surface area contributed by atoms with Crippen LogP contribution in [0, 0.1) is 0 Å². The Morgan fingerprint density at radius 3 is 2.48 bits per heavy atom. The van der Waals surface area contributed by atoms with Crippen LogP contribution in [0.15, 0.2) is 24.3 Å². The minimum Gasteiger partial charge on any atom is -0.382 e. The average Bonchev–Trinajstić information content (AvgIpc) is 2.55. The van der Waals surface area contributed by atoms with Crippen LogP contribution in [0.1, 0.15) is 18.9 Å². The van der Waals surface area contributed by atoms with E-state index in [0.717, 1.165) is 39.1 Å². The highest BCUT2D eigenvalue weighted by molar-refractivity contribution is 5.48. The maximum absolute atomic E-state index is 5.83. The number of rotatable bonds is 8. The Balaban J connectivity index is 1.85. The summed E-state index contributed by atoms with van der Waals surface area (Å²) in [7, 11) is 1.70. The molecular weight excluding hydrogens is 266 g/mol. The van der Waals surface area contributed by atoms with Gasteiger partial charge in [0.15, 0.2) is 0 Å². The Kier molecular flexibility index (Phi) is 7.00. The van der Waals surface area contributed by atoms with Crippen LogP contribution in [0.4, 0.5) is 5.69 Å². The van der Waals surface area contributed by atoms with E-state index in [1.54, 1.807) is 7.11 Å². The van der Waals surface area contributed by atoms with E-state index in [9.17, 15) is 0 Å². The largest absolute Gasteiger partial charge is 0.382 e. The number of ether oxygens (including phenoxy) is 3. The minimum absolute atomic E-state index is 0.273. The summed E-state index contributed by atoms with van der Waals surface area (Å²) in [4.78, 5) is 2.37. The van der Waals surface area contributed by atoms with Gasteiger partial charge in [-0.15, -0.1) is 0 Å². The predicted octanol–water partition coefficient (Wildman–Crippen LogP) is 2.51. The highest BCUT2D eigenvalue weighted by atomic mass is 16.5. The molecule has 1 saturated heterocycles. The molecule has 4 nitrogen and oxygen atoms in total. The summed E-state index contributed by atoms with van der Waals surface area (Å²) in [6.45, 7) is 7.11. The van der Waals surface area contributed by atoms with Gasteiger partial charge in [0.1, 0.15) is 0 Å². The van der Waals surface area contributed by atoms with E-state index in [-0.39, 0.29) is 6.10 Å². The average molecular weight is 293 g/mol. The van der Waals surface area contributed by atoms with Crippen molar-refractivity contribution < 1.29 is 14.2 Å². The standard InChI is InChI=1S/C17H27NO3/c1-3-17(21-13-12-19-2)14-15-4-6-16(7-5-15)18-8-10-20-11-9-18/h4-7,17H,3,8-14H2,1-2H3. The molecule has 1 atom stereocenters. The molecular formula is C17H27NO3. The maximum atomic E-state index is 5.83. The van der Waals surface area contributed by atoms with E-state index in [1.165, 1.54) is 11.3 Å². The molecule has 1 aliphatic rings. The first-order valence-electron chi connectivity index (χ1n) is 7.85. The second kappa shape index (κ2) is 9.03. The summed E-state index contributed by atoms with van der Waals surface area (Å²) in [5, 5.41) is 0. The van der Waals surface area contributed by atoms with E-state index in [0.29, 0.717) is 13.2 Å². The molecule has 0 spiro atoms. The van der Waals surface area contributed by atoms with Gasteiger partial charge < -0.3 is 19.1 Å². The Bertz CT molecular complexity index is 388. The Hall–Kier alpha value is -1.10. The Labute approximate surface area is 128 Å². The fraction of sp³-hybridized carbons (Fsp3) is 0.647. The normalized spacial score (nSPS) is 17.0. The zero-order valence-corrected chi connectivity index (χ0v) is 13.2. The molecule has 0 saturated carbocycles. The van der Waals surface area contributed by atoms with Gasteiger partial charge in [-0.3, -0.25) is 0 Å². The van der Waals surface area contributed by atoms with Gasteiger partial charge in [-0.25, -0.2) is 0 Å². The van der Waals surface area contributed by atoms with Crippen molar-refractivity contribution in [2.45, 2.75) is 25.9 Å². The van der Waals surface area contributed by atoms with Crippen molar-refractivity contribution in [1.82, 2.24) is 0 Å². The summed E-state index contributed by atoms with van der Waals surface area (Å²) in [6.07, 6.45) is 2.26. The Morgan fingerprint density at radius 2 is 1.86 bits per heavy atom. The van der Waals surface area contributed by atoms with Crippen LogP contribution in [0.5, 0.6) is 0 Å². The molecule has 0 bridgehead atoms. The van der Waals surface area contributed by atoms with Crippen molar-refractivity contribution in [3.05, 3.63) is 29.8 Å². The van der Waals surface area contributed by atoms with Crippen LogP contribution in [-0.4, -0.2) is 52.7 Å². The molecule has 2 rings (SSSR count). The second-order valence-corrected chi connectivity index (χ2v) is 5.36. The highest BCUT2D eigenvalue weighted by Crippen LogP contribution is 2.18. The number of hydrogen-bond donors (Lipinski definition) is 0. The van der Waals surface area contributed by atoms with Crippen molar-refractivity contribution in [2.24, 2.45) is 0 Å². The Morgan fingerprint density at radius 1 is 1.14 bits per heavy atom. The molecule has 1 aromatic carbocycles. The SMILES string of the molecule is CCC(Cc1ccc(N2CCOCC2)cc1)OCCOC. The van der Waals surface area contributed by atoms with Gasteiger partial charge >= 0.3 is 0 Å². The van der Waals surface area contributed by atoms with Crippen molar-refractivity contribution in [1.29, 1.82) is 0 Å². The van der Waals surface area contributed by atoms with Crippen molar-refractivity contribution >= 4 is 5.69 Å². The molecule has 118 valence electrons. The number of morpholine rings is 1. The van der Waals surface area contributed by atoms with E-state index in [1.807, 2.05) is 0 Å². The minimum atomic E-state index is 0.273. The number of methoxy groups -OCH3 is 1. The summed E-state index contributed by atoms with van der Waals surface area (Å²) in [5.74, 6) is 0. The van der Waals surface area contributed by atoms with E-state index in [4.69, 9.17) is 14.2 Å². The molecule has 1 heterocycles. The highest BCUT2D eigenvalue weighted by Gasteiger charge is 2.12. The van der Waals surface area contributed by atoms with Crippen molar-refractivity contribution in [3.63, 3.8) is 0 Å². The van der Waals surface area contributed by atoms with Crippen molar-refractivity contribution in [2.75, 3.05) is 51.5 Å². The molecule has 21 heavy (non-hydrogen) atoms. The number of anilines is 1. The lowest BCUT2D eigenvalue weighted by atomic mass is 10.1. The first-order valence-corrected chi connectivity index (χ1v) is 7.85. The molecule has 4 heteroatoms. The van der Waals surface area contributed by atoms with Gasteiger partial charge in [-0.05, 0) is 30.5 Å². The van der Waals surface area contributed by atoms with Gasteiger partial charge in [0, 0.05) is 25.9 Å². The first kappa shape index (κ1) is 16.3. The zero-order valence-electron chi connectivity index (χ0n) is 13.2. The fourth-order valence-corrected chi connectivity index (χ4v) is 2.55. The van der Waals surface area contributed by atoms with Gasteiger partial charge in [-0.2, -0.15) is 0 Å². The first-order chi connectivity index (χ1) is 10.3. The molecule has 0 aromatic heterocycles. The molecule has 1 fully saturated rings. The lowest BCUT2D eigenvalue weighted by Gasteiger charge is -2.29. The van der Waals surface area contributed by atoms with E-state index in [2.05, 4.69) is 36.1 Å². The molecule has 0 N–H and O–H groups in total. The quantitative estimate of drug-likeness (QED) is 0.689. The molecule has 0 radical (unpaired) electrons. The predicted molar refractivity (Wildman–Crippen MR) is 85.1 cm³/mol. The van der Waals surface area contributed by atoms with Crippen LogP contribution in [-0.2, 0) is 20.6 Å². The van der Waals surface area contributed by atoms with E-state index < -0.39 is 0 Å². The van der Waals surface area contributed by atoms with Gasteiger partial charge in [0.25, 0.3) is 0 Å². The third-order valence-corrected chi connectivity index (χ3v) is 3.87. The van der Waals surface area contributed by atoms with Crippen LogP contribution in [0.3, 0.4) is 0 Å². The number of benzene rings is 1. The maximum Gasteiger partial charge on any atom is 0.0704 e. The lowest BCUT2D eigenvalue weighted by molar-refractivity contribution is 0.0159. The van der Waals surface area contributed by atoms with Gasteiger partial charge in [-0.1, -0.05) is 19.1 Å². The summed E-state index contributed by atoms with van der Waals surface area (Å²) in [5.41, 5.74) is 2.62. The number of hydrogen-bond acceptors (Lipinski definition) is 4. The van der Waals surface area contributed by atoms with Crippen molar-refractivity contribution in [3.8, 4) is 0 Å². The summed E-state index contributed by atoms with van der Waals surface area (Å²) in [6, 6.07) is 8.85. The van der Waals surface area contributed by atoms with Crippen LogP contribution < -0.4 is 4.90 Å². The van der Waals surface area contributed by atoms with Crippen LogP contribution in [0.2, 0.25) is 0 Å². The molecule has 1 unspecified atom stereocenters. The van der Waals surface area contributed by atoms with Gasteiger partial charge in [0.05, 0.1) is 32.5 Å². The molecule has 0 amide bonds. The van der Waals surface area contributed by atoms with Gasteiger partial charge in [0.2, 0.25) is 0 Å². The monoisotopic (exact) mass is 293 g/mol. The summed E-state index contributed by atoms with van der Waals surface area (Å²) < 4.78 is 16.2. The second-order valence-electron chi connectivity index (χ2n) is 5.36.